The van der Waals surface area contributed by atoms with Gasteiger partial charge in [0.1, 0.15) is 12.1 Å². The third-order valence-corrected chi connectivity index (χ3v) is 6.50. The Balaban J connectivity index is 1.34. The molecule has 0 unspecified atom stereocenters. The summed E-state index contributed by atoms with van der Waals surface area (Å²) in [6, 6.07) is 19.7. The van der Waals surface area contributed by atoms with E-state index in [9.17, 15) is 0 Å². The van der Waals surface area contributed by atoms with Gasteiger partial charge in [-0.15, -0.1) is 10.2 Å². The first-order valence-corrected chi connectivity index (χ1v) is 12.2. The van der Waals surface area contributed by atoms with Crippen LogP contribution in [0.1, 0.15) is 11.1 Å². The highest BCUT2D eigenvalue weighted by Crippen LogP contribution is 2.37. The Morgan fingerprint density at radius 3 is 2.69 bits per heavy atom. The normalized spacial score (nSPS) is 11.4. The predicted molar refractivity (Wildman–Crippen MR) is 144 cm³/mol. The number of ether oxygens (including phenoxy) is 2. The molecule has 0 saturated heterocycles. The maximum atomic E-state index is 5.99. The summed E-state index contributed by atoms with van der Waals surface area (Å²) in [6.07, 6.45) is 1.65. The highest BCUT2D eigenvalue weighted by atomic mass is 79.9. The lowest BCUT2D eigenvalue weighted by atomic mass is 10.2. The molecular weight excluding hydrogens is 576 g/mol. The molecule has 0 aliphatic heterocycles. The molecule has 0 radical (unpaired) electrons. The number of benzene rings is 3. The van der Waals surface area contributed by atoms with Crippen LogP contribution in [0.25, 0.3) is 22.1 Å². The van der Waals surface area contributed by atoms with Gasteiger partial charge >= 0.3 is 0 Å². The molecular formula is C25H20Br2N6O2. The lowest BCUT2D eigenvalue weighted by Gasteiger charge is -2.13. The average molecular weight is 596 g/mol. The summed E-state index contributed by atoms with van der Waals surface area (Å²) in [7, 11) is 3.55. The standard InChI is InChI=1S/C25H20Br2N6O2/c1-33-20-9-8-17(26)12-18(20)22-24(33)29-25(32-30-22)31-28-13-16-10-19(27)23(21(11-16)34-2)35-14-15-6-4-3-5-7-15/h3-13H,14H2,1-2H3,(H,29,31,32)/b28-13+. The number of rotatable bonds is 7. The molecule has 2 heterocycles. The van der Waals surface area contributed by atoms with Gasteiger partial charge in [-0.3, -0.25) is 0 Å². The Bertz CT molecular complexity index is 1550. The second-order valence-corrected chi connectivity index (χ2v) is 9.48. The van der Waals surface area contributed by atoms with Crippen molar-refractivity contribution >= 4 is 66.1 Å². The highest BCUT2D eigenvalue weighted by molar-refractivity contribution is 9.10. The zero-order chi connectivity index (χ0) is 24.4. The quantitative estimate of drug-likeness (QED) is 0.181. The van der Waals surface area contributed by atoms with Crippen LogP contribution in [0.15, 0.2) is 74.7 Å². The van der Waals surface area contributed by atoms with Gasteiger partial charge in [0.2, 0.25) is 0 Å². The van der Waals surface area contributed by atoms with Gasteiger partial charge in [0.15, 0.2) is 17.1 Å². The monoisotopic (exact) mass is 594 g/mol. The Labute approximate surface area is 218 Å². The van der Waals surface area contributed by atoms with E-state index in [2.05, 4.69) is 57.6 Å². The fraction of sp³-hybridized carbons (Fsp3) is 0.120. The Kier molecular flexibility index (Phi) is 6.65. The van der Waals surface area contributed by atoms with Crippen molar-refractivity contribution in [1.82, 2.24) is 19.7 Å². The van der Waals surface area contributed by atoms with Crippen molar-refractivity contribution in [3.05, 3.63) is 80.7 Å². The van der Waals surface area contributed by atoms with Gasteiger partial charge in [-0.05, 0) is 57.4 Å². The summed E-state index contributed by atoms with van der Waals surface area (Å²) in [5, 5.41) is 13.8. The van der Waals surface area contributed by atoms with Crippen molar-refractivity contribution in [3.63, 3.8) is 0 Å². The van der Waals surface area contributed by atoms with E-state index in [4.69, 9.17) is 9.47 Å². The van der Waals surface area contributed by atoms with Crippen LogP contribution < -0.4 is 14.9 Å². The van der Waals surface area contributed by atoms with Crippen molar-refractivity contribution in [2.45, 2.75) is 6.61 Å². The van der Waals surface area contributed by atoms with Crippen molar-refractivity contribution in [2.24, 2.45) is 12.1 Å². The first-order chi connectivity index (χ1) is 17.0. The molecule has 0 bridgehead atoms. The number of hydrogen-bond donors (Lipinski definition) is 1. The number of aromatic nitrogens is 4. The molecule has 0 saturated carbocycles. The van der Waals surface area contributed by atoms with E-state index in [0.717, 1.165) is 42.1 Å². The van der Waals surface area contributed by atoms with Crippen LogP contribution in [-0.2, 0) is 13.7 Å². The van der Waals surface area contributed by atoms with Crippen LogP contribution in [0.3, 0.4) is 0 Å². The molecule has 0 amide bonds. The molecule has 5 rings (SSSR count). The van der Waals surface area contributed by atoms with Gasteiger partial charge < -0.3 is 14.0 Å². The molecule has 0 aliphatic rings. The summed E-state index contributed by atoms with van der Waals surface area (Å²) < 4.78 is 15.3. The molecule has 1 N–H and O–H groups in total. The number of anilines is 1. The summed E-state index contributed by atoms with van der Waals surface area (Å²) in [5.74, 6) is 1.52. The van der Waals surface area contributed by atoms with Gasteiger partial charge in [0.25, 0.3) is 5.95 Å². The fourth-order valence-electron chi connectivity index (χ4n) is 3.73. The first-order valence-electron chi connectivity index (χ1n) is 10.6. The number of methoxy groups -OCH3 is 1. The molecule has 0 atom stereocenters. The van der Waals surface area contributed by atoms with E-state index in [1.807, 2.05) is 72.3 Å². The van der Waals surface area contributed by atoms with E-state index < -0.39 is 0 Å². The maximum Gasteiger partial charge on any atom is 0.265 e. The Morgan fingerprint density at radius 2 is 1.89 bits per heavy atom. The van der Waals surface area contributed by atoms with Gasteiger partial charge in [-0.1, -0.05) is 46.3 Å². The van der Waals surface area contributed by atoms with E-state index in [1.165, 1.54) is 0 Å². The second-order valence-electron chi connectivity index (χ2n) is 7.71. The number of fused-ring (bicyclic) bond motifs is 3. The summed E-state index contributed by atoms with van der Waals surface area (Å²) in [4.78, 5) is 4.59. The smallest absolute Gasteiger partial charge is 0.265 e. The van der Waals surface area contributed by atoms with Crippen LogP contribution in [0, 0.1) is 0 Å². The molecule has 10 heteroatoms. The van der Waals surface area contributed by atoms with Crippen LogP contribution in [0.4, 0.5) is 5.95 Å². The van der Waals surface area contributed by atoms with E-state index in [-0.39, 0.29) is 0 Å². The zero-order valence-electron chi connectivity index (χ0n) is 18.9. The SMILES string of the molecule is COc1cc(/C=N/Nc2nnc3c4cc(Br)ccc4n(C)c3n2)cc(Br)c1OCc1ccccc1. The minimum atomic E-state index is 0.299. The van der Waals surface area contributed by atoms with E-state index >= 15 is 0 Å². The highest BCUT2D eigenvalue weighted by Gasteiger charge is 2.14. The third-order valence-electron chi connectivity index (χ3n) is 5.42. The minimum absolute atomic E-state index is 0.299. The molecule has 0 aliphatic carbocycles. The fourth-order valence-corrected chi connectivity index (χ4v) is 4.66. The summed E-state index contributed by atoms with van der Waals surface area (Å²) in [6.45, 7) is 0.433. The topological polar surface area (TPSA) is 86.5 Å². The van der Waals surface area contributed by atoms with Gasteiger partial charge in [-0.25, -0.2) is 5.43 Å². The van der Waals surface area contributed by atoms with Crippen molar-refractivity contribution in [2.75, 3.05) is 12.5 Å². The van der Waals surface area contributed by atoms with Crippen molar-refractivity contribution < 1.29 is 9.47 Å². The zero-order valence-corrected chi connectivity index (χ0v) is 22.0. The number of hydrogen-bond acceptors (Lipinski definition) is 7. The third kappa shape index (κ3) is 4.85. The van der Waals surface area contributed by atoms with Crippen LogP contribution >= 0.6 is 31.9 Å². The molecule has 5 aromatic rings. The Hall–Kier alpha value is -3.50. The van der Waals surface area contributed by atoms with Crippen LogP contribution in [0.2, 0.25) is 0 Å². The number of nitrogens with one attached hydrogen (secondary N) is 1. The summed E-state index contributed by atoms with van der Waals surface area (Å²) >= 11 is 7.09. The van der Waals surface area contributed by atoms with E-state index in [1.54, 1.807) is 13.3 Å². The van der Waals surface area contributed by atoms with E-state index in [0.29, 0.717) is 24.1 Å². The molecule has 35 heavy (non-hydrogen) atoms. The van der Waals surface area contributed by atoms with Gasteiger partial charge in [-0.2, -0.15) is 10.1 Å². The van der Waals surface area contributed by atoms with Crippen LogP contribution in [0.5, 0.6) is 11.5 Å². The predicted octanol–water partition coefficient (Wildman–Crippen LogP) is 6.08. The van der Waals surface area contributed by atoms with Crippen LogP contribution in [-0.4, -0.2) is 33.1 Å². The number of halogens is 2. The van der Waals surface area contributed by atoms with Crippen molar-refractivity contribution in [3.8, 4) is 11.5 Å². The molecule has 3 aromatic carbocycles. The Morgan fingerprint density at radius 1 is 1.06 bits per heavy atom. The summed E-state index contributed by atoms with van der Waals surface area (Å²) in [5.41, 5.74) is 7.21. The lowest BCUT2D eigenvalue weighted by Crippen LogP contribution is -2.01. The first kappa shape index (κ1) is 23.3. The number of aryl methyl sites for hydroxylation is 1. The molecule has 8 nitrogen and oxygen atoms in total. The average Bonchev–Trinajstić information content (AvgIpc) is 3.14. The largest absolute Gasteiger partial charge is 0.493 e. The van der Waals surface area contributed by atoms with Gasteiger partial charge in [0.05, 0.1) is 23.3 Å². The minimum Gasteiger partial charge on any atom is -0.493 e. The number of nitrogens with zero attached hydrogens (tertiary/aromatic N) is 5. The second kappa shape index (κ2) is 10.0. The maximum absolute atomic E-state index is 5.99. The molecule has 0 spiro atoms. The molecule has 2 aromatic heterocycles. The van der Waals surface area contributed by atoms with Gasteiger partial charge in [0, 0.05) is 16.9 Å². The molecule has 0 fully saturated rings. The van der Waals surface area contributed by atoms with Crippen molar-refractivity contribution in [1.29, 1.82) is 0 Å². The lowest BCUT2D eigenvalue weighted by molar-refractivity contribution is 0.282. The number of hydrazone groups is 1. The molecule has 176 valence electrons.